The van der Waals surface area contributed by atoms with Crippen LogP contribution in [0, 0.1) is 5.82 Å². The van der Waals surface area contributed by atoms with Gasteiger partial charge in [-0.2, -0.15) is 0 Å². The molecular formula is C8H6ClFO2S. The van der Waals surface area contributed by atoms with Crippen LogP contribution < -0.4 is 0 Å². The summed E-state index contributed by atoms with van der Waals surface area (Å²) in [5, 5.41) is 0. The van der Waals surface area contributed by atoms with E-state index in [-0.39, 0.29) is 10.5 Å². The summed E-state index contributed by atoms with van der Waals surface area (Å²) in [6.07, 6.45) is 0. The summed E-state index contributed by atoms with van der Waals surface area (Å²) < 4.78 is 34.2. The van der Waals surface area contributed by atoms with Gasteiger partial charge in [0.25, 0.3) is 9.05 Å². The van der Waals surface area contributed by atoms with Crippen LogP contribution in [0.4, 0.5) is 4.39 Å². The summed E-state index contributed by atoms with van der Waals surface area (Å²) in [4.78, 5) is -0.298. The number of hydrogen-bond donors (Lipinski definition) is 0. The zero-order chi connectivity index (χ0) is 10.1. The lowest BCUT2D eigenvalue weighted by molar-refractivity contribution is 0.618. The van der Waals surface area contributed by atoms with Crippen LogP contribution in [0.15, 0.2) is 30.8 Å². The Balaban J connectivity index is 3.18. The van der Waals surface area contributed by atoms with E-state index >= 15 is 0 Å². The minimum absolute atomic E-state index is 0.162. The van der Waals surface area contributed by atoms with E-state index in [0.717, 1.165) is 6.07 Å². The van der Waals surface area contributed by atoms with Gasteiger partial charge < -0.3 is 0 Å². The summed E-state index contributed by atoms with van der Waals surface area (Å²) in [6, 6.07) is 5.07. The first-order valence-corrected chi connectivity index (χ1v) is 5.62. The fourth-order valence-corrected chi connectivity index (χ4v) is 1.48. The van der Waals surface area contributed by atoms with Gasteiger partial charge in [-0.15, -0.1) is 0 Å². The summed E-state index contributed by atoms with van der Waals surface area (Å²) >= 11 is 0. The SMILES string of the molecule is C=C(c1cccc(F)c1)S(=O)(=O)Cl. The first-order chi connectivity index (χ1) is 5.91. The van der Waals surface area contributed by atoms with E-state index in [1.807, 2.05) is 0 Å². The van der Waals surface area contributed by atoms with Gasteiger partial charge in [-0.25, -0.2) is 12.8 Å². The third-order valence-corrected chi connectivity index (χ3v) is 2.82. The molecule has 0 aliphatic carbocycles. The van der Waals surface area contributed by atoms with Crippen molar-refractivity contribution < 1.29 is 12.8 Å². The van der Waals surface area contributed by atoms with Gasteiger partial charge in [0, 0.05) is 10.7 Å². The fraction of sp³-hybridized carbons (Fsp3) is 0. The van der Waals surface area contributed by atoms with Crippen molar-refractivity contribution >= 4 is 24.6 Å². The maximum Gasteiger partial charge on any atom is 0.261 e. The monoisotopic (exact) mass is 220 g/mol. The van der Waals surface area contributed by atoms with Crippen LogP contribution in [0.3, 0.4) is 0 Å². The molecule has 0 unspecified atom stereocenters. The Kier molecular flexibility index (Phi) is 2.73. The summed E-state index contributed by atoms with van der Waals surface area (Å²) in [5.41, 5.74) is 0.162. The Labute approximate surface area is 80.1 Å². The van der Waals surface area contributed by atoms with Crippen molar-refractivity contribution in [2.75, 3.05) is 0 Å². The molecule has 0 atom stereocenters. The molecule has 0 fully saturated rings. The van der Waals surface area contributed by atoms with Crippen molar-refractivity contribution in [1.82, 2.24) is 0 Å². The summed E-state index contributed by atoms with van der Waals surface area (Å²) in [6.45, 7) is 3.25. The molecule has 0 amide bonds. The van der Waals surface area contributed by atoms with Crippen LogP contribution in [0.5, 0.6) is 0 Å². The van der Waals surface area contributed by atoms with E-state index in [1.165, 1.54) is 18.2 Å². The zero-order valence-electron chi connectivity index (χ0n) is 6.50. The van der Waals surface area contributed by atoms with Gasteiger partial charge >= 0.3 is 0 Å². The Bertz CT molecular complexity index is 439. The second-order valence-corrected chi connectivity index (χ2v) is 4.96. The Morgan fingerprint density at radius 3 is 2.54 bits per heavy atom. The molecule has 0 spiro atoms. The van der Waals surface area contributed by atoms with Gasteiger partial charge in [-0.3, -0.25) is 0 Å². The van der Waals surface area contributed by atoms with Gasteiger partial charge in [-0.1, -0.05) is 18.7 Å². The minimum atomic E-state index is -3.86. The molecule has 5 heteroatoms. The largest absolute Gasteiger partial charge is 0.261 e. The van der Waals surface area contributed by atoms with Crippen LogP contribution in [-0.4, -0.2) is 8.42 Å². The van der Waals surface area contributed by atoms with Crippen LogP contribution in [0.25, 0.3) is 4.91 Å². The molecule has 0 aliphatic rings. The number of benzene rings is 1. The minimum Gasteiger partial charge on any atom is -0.207 e. The lowest BCUT2D eigenvalue weighted by Gasteiger charge is -2.00. The van der Waals surface area contributed by atoms with E-state index in [9.17, 15) is 12.8 Å². The van der Waals surface area contributed by atoms with Crippen molar-refractivity contribution in [1.29, 1.82) is 0 Å². The lowest BCUT2D eigenvalue weighted by Crippen LogP contribution is -1.93. The predicted octanol–water partition coefficient (Wildman–Crippen LogP) is 2.37. The average molecular weight is 221 g/mol. The van der Waals surface area contributed by atoms with Crippen LogP contribution in [0.2, 0.25) is 0 Å². The van der Waals surface area contributed by atoms with Gasteiger partial charge in [0.1, 0.15) is 5.82 Å². The van der Waals surface area contributed by atoms with E-state index in [2.05, 4.69) is 6.58 Å². The first kappa shape index (κ1) is 10.2. The summed E-state index contributed by atoms with van der Waals surface area (Å²) in [7, 11) is 1.16. The van der Waals surface area contributed by atoms with E-state index in [1.54, 1.807) is 0 Å². The number of halogens is 2. The highest BCUT2D eigenvalue weighted by Gasteiger charge is 2.13. The van der Waals surface area contributed by atoms with Crippen LogP contribution >= 0.6 is 10.7 Å². The van der Waals surface area contributed by atoms with E-state index < -0.39 is 14.9 Å². The third kappa shape index (κ3) is 2.54. The van der Waals surface area contributed by atoms with Gasteiger partial charge in [0.2, 0.25) is 0 Å². The molecule has 1 aromatic carbocycles. The van der Waals surface area contributed by atoms with Crippen LogP contribution in [0.1, 0.15) is 5.56 Å². The molecule has 13 heavy (non-hydrogen) atoms. The second-order valence-electron chi connectivity index (χ2n) is 2.37. The molecule has 1 rings (SSSR count). The van der Waals surface area contributed by atoms with Crippen molar-refractivity contribution in [2.24, 2.45) is 0 Å². The van der Waals surface area contributed by atoms with E-state index in [4.69, 9.17) is 10.7 Å². The molecule has 0 bridgehead atoms. The Hall–Kier alpha value is -0.870. The van der Waals surface area contributed by atoms with Crippen molar-refractivity contribution in [3.63, 3.8) is 0 Å². The predicted molar refractivity (Wildman–Crippen MR) is 50.2 cm³/mol. The third-order valence-electron chi connectivity index (χ3n) is 1.44. The Morgan fingerprint density at radius 2 is 2.08 bits per heavy atom. The maximum atomic E-state index is 12.6. The van der Waals surface area contributed by atoms with Gasteiger partial charge in [-0.05, 0) is 17.7 Å². The number of hydrogen-bond acceptors (Lipinski definition) is 2. The second kappa shape index (κ2) is 3.47. The Morgan fingerprint density at radius 1 is 1.46 bits per heavy atom. The zero-order valence-corrected chi connectivity index (χ0v) is 8.07. The van der Waals surface area contributed by atoms with Crippen molar-refractivity contribution in [2.45, 2.75) is 0 Å². The summed E-state index contributed by atoms with van der Waals surface area (Å²) in [5.74, 6) is -0.529. The molecule has 0 N–H and O–H groups in total. The van der Waals surface area contributed by atoms with Crippen molar-refractivity contribution in [3.05, 3.63) is 42.2 Å². The average Bonchev–Trinajstić information content (AvgIpc) is 2.01. The maximum absolute atomic E-state index is 12.6. The molecule has 0 heterocycles. The first-order valence-electron chi connectivity index (χ1n) is 3.31. The standard InChI is InChI=1S/C8H6ClFO2S/c1-6(13(9,11)12)7-3-2-4-8(10)5-7/h2-5H,1H2. The normalized spacial score (nSPS) is 11.2. The molecule has 2 nitrogen and oxygen atoms in total. The highest BCUT2D eigenvalue weighted by molar-refractivity contribution is 8.21. The molecule has 0 saturated carbocycles. The van der Waals surface area contributed by atoms with Gasteiger partial charge in [0.05, 0.1) is 4.91 Å². The quantitative estimate of drug-likeness (QED) is 0.717. The lowest BCUT2D eigenvalue weighted by atomic mass is 10.2. The topological polar surface area (TPSA) is 34.1 Å². The van der Waals surface area contributed by atoms with Crippen LogP contribution in [-0.2, 0) is 9.05 Å². The smallest absolute Gasteiger partial charge is 0.207 e. The number of rotatable bonds is 2. The highest BCUT2D eigenvalue weighted by atomic mass is 35.7. The molecule has 0 saturated heterocycles. The van der Waals surface area contributed by atoms with E-state index in [0.29, 0.717) is 0 Å². The fourth-order valence-electron chi connectivity index (χ4n) is 0.803. The molecule has 70 valence electrons. The molecule has 1 aromatic rings. The molecule has 0 radical (unpaired) electrons. The van der Waals surface area contributed by atoms with Gasteiger partial charge in [0.15, 0.2) is 0 Å². The molecule has 0 aromatic heterocycles. The highest BCUT2D eigenvalue weighted by Crippen LogP contribution is 2.22. The van der Waals surface area contributed by atoms with Crippen molar-refractivity contribution in [3.8, 4) is 0 Å². The molecular weight excluding hydrogens is 215 g/mol. The molecule has 0 aliphatic heterocycles.